The van der Waals surface area contributed by atoms with Gasteiger partial charge < -0.3 is 25.1 Å². The van der Waals surface area contributed by atoms with Crippen molar-refractivity contribution in [2.24, 2.45) is 4.99 Å². The predicted octanol–water partition coefficient (Wildman–Crippen LogP) is 2.76. The van der Waals surface area contributed by atoms with Crippen molar-refractivity contribution >= 4 is 35.8 Å². The molecular formula is C20H35IN4O3. The lowest BCUT2D eigenvalue weighted by Gasteiger charge is -2.33. The van der Waals surface area contributed by atoms with E-state index in [1.54, 1.807) is 13.0 Å². The summed E-state index contributed by atoms with van der Waals surface area (Å²) < 4.78 is 5.52. The molecule has 1 fully saturated rings. The minimum atomic E-state index is -1.18. The van der Waals surface area contributed by atoms with Gasteiger partial charge in [0, 0.05) is 32.1 Å². The smallest absolute Gasteiger partial charge is 0.224 e. The largest absolute Gasteiger partial charge is 0.463 e. The minimum absolute atomic E-state index is 0. The number of rotatable bonds is 7. The van der Waals surface area contributed by atoms with Crippen LogP contribution in [0.5, 0.6) is 0 Å². The molecule has 0 bridgehead atoms. The van der Waals surface area contributed by atoms with Gasteiger partial charge in [0.1, 0.15) is 17.1 Å². The fraction of sp³-hybridized carbons (Fsp3) is 0.700. The molecule has 1 saturated heterocycles. The number of amides is 1. The number of piperidine rings is 1. The Morgan fingerprint density at radius 3 is 2.75 bits per heavy atom. The Kier molecular flexibility index (Phi) is 10.3. The minimum Gasteiger partial charge on any atom is -0.463 e. The van der Waals surface area contributed by atoms with Gasteiger partial charge in [0.2, 0.25) is 5.91 Å². The van der Waals surface area contributed by atoms with E-state index in [-0.39, 0.29) is 36.4 Å². The van der Waals surface area contributed by atoms with Crippen molar-refractivity contribution in [3.63, 3.8) is 0 Å². The highest BCUT2D eigenvalue weighted by atomic mass is 127. The maximum absolute atomic E-state index is 12.4. The Morgan fingerprint density at radius 1 is 1.39 bits per heavy atom. The van der Waals surface area contributed by atoms with E-state index < -0.39 is 5.60 Å². The summed E-state index contributed by atoms with van der Waals surface area (Å²) in [5, 5.41) is 16.9. The van der Waals surface area contributed by atoms with Crippen molar-refractivity contribution < 1.29 is 14.3 Å². The fourth-order valence-electron chi connectivity index (χ4n) is 3.28. The van der Waals surface area contributed by atoms with Crippen LogP contribution in [0.25, 0.3) is 0 Å². The number of hydrogen-bond acceptors (Lipinski definition) is 4. The standard InChI is InChI=1S/C20H34N4O3.HI/c1-5-21-19(23-14-20(4,26)17-10-9-16(3)27-17)22-12-11-18(25)24-13-7-6-8-15(24)2;/h9-10,15,26H,5-8,11-14H2,1-4H3,(H2,21,22,23);1H. The molecule has 0 spiro atoms. The number of aliphatic hydroxyl groups is 1. The Balaban J connectivity index is 0.00000392. The molecule has 1 amide bonds. The summed E-state index contributed by atoms with van der Waals surface area (Å²) in [6, 6.07) is 3.92. The fourth-order valence-corrected chi connectivity index (χ4v) is 3.28. The maximum atomic E-state index is 12.4. The average Bonchev–Trinajstić information content (AvgIpc) is 3.07. The summed E-state index contributed by atoms with van der Waals surface area (Å²) in [6.07, 6.45) is 3.82. The summed E-state index contributed by atoms with van der Waals surface area (Å²) in [4.78, 5) is 18.9. The van der Waals surface area contributed by atoms with Crippen molar-refractivity contribution in [1.29, 1.82) is 0 Å². The van der Waals surface area contributed by atoms with E-state index in [2.05, 4.69) is 22.5 Å². The number of carbonyl (C=O) groups excluding carboxylic acids is 1. The maximum Gasteiger partial charge on any atom is 0.224 e. The molecule has 0 aliphatic carbocycles. The second-order valence-electron chi connectivity index (χ2n) is 7.49. The first-order chi connectivity index (χ1) is 12.8. The monoisotopic (exact) mass is 506 g/mol. The van der Waals surface area contributed by atoms with E-state index in [9.17, 15) is 9.90 Å². The van der Waals surface area contributed by atoms with Crippen LogP contribution in [0, 0.1) is 6.92 Å². The summed E-state index contributed by atoms with van der Waals surface area (Å²) in [6.45, 7) is 9.85. The SMILES string of the molecule is CCNC(=NCC(C)(O)c1ccc(C)o1)NCCC(=O)N1CCCCC1C.I. The molecule has 28 heavy (non-hydrogen) atoms. The molecule has 2 rings (SSSR count). The van der Waals surface area contributed by atoms with E-state index in [0.29, 0.717) is 37.3 Å². The van der Waals surface area contributed by atoms with Gasteiger partial charge in [-0.25, -0.2) is 4.99 Å². The van der Waals surface area contributed by atoms with Gasteiger partial charge >= 0.3 is 0 Å². The van der Waals surface area contributed by atoms with Gasteiger partial charge in [0.05, 0.1) is 6.54 Å². The second-order valence-corrected chi connectivity index (χ2v) is 7.49. The number of carbonyl (C=O) groups is 1. The lowest BCUT2D eigenvalue weighted by molar-refractivity contribution is -0.134. The third kappa shape index (κ3) is 7.27. The van der Waals surface area contributed by atoms with E-state index in [4.69, 9.17) is 4.42 Å². The molecule has 160 valence electrons. The summed E-state index contributed by atoms with van der Waals surface area (Å²) in [5.74, 6) is 2.02. The lowest BCUT2D eigenvalue weighted by Crippen LogP contribution is -2.44. The molecule has 1 aromatic rings. The quantitative estimate of drug-likeness (QED) is 0.301. The van der Waals surface area contributed by atoms with Crippen LogP contribution in [0.15, 0.2) is 21.5 Å². The molecule has 0 saturated carbocycles. The van der Waals surface area contributed by atoms with Crippen LogP contribution < -0.4 is 10.6 Å². The Hall–Kier alpha value is -1.29. The average molecular weight is 506 g/mol. The molecule has 0 aromatic carbocycles. The van der Waals surface area contributed by atoms with Crippen molar-refractivity contribution in [1.82, 2.24) is 15.5 Å². The van der Waals surface area contributed by atoms with E-state index in [1.165, 1.54) is 6.42 Å². The number of halogens is 1. The molecule has 1 aromatic heterocycles. The molecule has 8 heteroatoms. The van der Waals surface area contributed by atoms with Crippen LogP contribution >= 0.6 is 24.0 Å². The van der Waals surface area contributed by atoms with E-state index >= 15 is 0 Å². The highest BCUT2D eigenvalue weighted by molar-refractivity contribution is 14.0. The molecular weight excluding hydrogens is 471 g/mol. The van der Waals surface area contributed by atoms with Crippen molar-refractivity contribution in [2.75, 3.05) is 26.2 Å². The molecule has 0 radical (unpaired) electrons. The molecule has 2 atom stereocenters. The molecule has 2 unspecified atom stereocenters. The summed E-state index contributed by atoms with van der Waals surface area (Å²) in [7, 11) is 0. The van der Waals surface area contributed by atoms with Crippen molar-refractivity contribution in [2.45, 2.75) is 65.0 Å². The van der Waals surface area contributed by atoms with Crippen LogP contribution in [0.4, 0.5) is 0 Å². The number of hydrogen-bond donors (Lipinski definition) is 3. The normalized spacial score (nSPS) is 19.5. The first-order valence-electron chi connectivity index (χ1n) is 9.94. The number of nitrogens with one attached hydrogen (secondary N) is 2. The lowest BCUT2D eigenvalue weighted by atomic mass is 10.0. The zero-order valence-corrected chi connectivity index (χ0v) is 19.8. The van der Waals surface area contributed by atoms with Crippen molar-refractivity contribution in [3.8, 4) is 0 Å². The van der Waals surface area contributed by atoms with Crippen LogP contribution in [0.2, 0.25) is 0 Å². The molecule has 2 heterocycles. The number of nitrogens with zero attached hydrogens (tertiary/aromatic N) is 2. The second kappa shape index (κ2) is 11.6. The van der Waals surface area contributed by atoms with Crippen LogP contribution in [0.3, 0.4) is 0 Å². The first kappa shape index (κ1) is 24.7. The van der Waals surface area contributed by atoms with Gasteiger partial charge in [0.15, 0.2) is 5.96 Å². The third-order valence-electron chi connectivity index (χ3n) is 4.92. The van der Waals surface area contributed by atoms with Crippen LogP contribution in [0.1, 0.15) is 58.0 Å². The number of aryl methyl sites for hydroxylation is 1. The topological polar surface area (TPSA) is 90.1 Å². The third-order valence-corrected chi connectivity index (χ3v) is 4.92. The van der Waals surface area contributed by atoms with Crippen molar-refractivity contribution in [3.05, 3.63) is 23.7 Å². The van der Waals surface area contributed by atoms with Gasteiger partial charge in [-0.3, -0.25) is 4.79 Å². The molecule has 1 aliphatic rings. The number of furan rings is 1. The number of likely N-dealkylation sites (tertiary alicyclic amines) is 1. The molecule has 1 aliphatic heterocycles. The van der Waals surface area contributed by atoms with Crippen LogP contribution in [-0.2, 0) is 10.4 Å². The van der Waals surface area contributed by atoms with E-state index in [0.717, 1.165) is 25.1 Å². The van der Waals surface area contributed by atoms with Gasteiger partial charge in [-0.2, -0.15) is 0 Å². The van der Waals surface area contributed by atoms with Gasteiger partial charge in [-0.05, 0) is 59.1 Å². The highest BCUT2D eigenvalue weighted by Gasteiger charge is 2.27. The van der Waals surface area contributed by atoms with Gasteiger partial charge in [-0.1, -0.05) is 0 Å². The Labute approximate surface area is 185 Å². The van der Waals surface area contributed by atoms with Gasteiger partial charge in [0.25, 0.3) is 0 Å². The molecule has 7 nitrogen and oxygen atoms in total. The van der Waals surface area contributed by atoms with E-state index in [1.807, 2.05) is 24.8 Å². The Morgan fingerprint density at radius 2 is 2.14 bits per heavy atom. The number of aliphatic imine (C=N–C) groups is 1. The highest BCUT2D eigenvalue weighted by Crippen LogP contribution is 2.23. The van der Waals surface area contributed by atoms with Crippen LogP contribution in [-0.4, -0.2) is 54.1 Å². The first-order valence-corrected chi connectivity index (χ1v) is 9.94. The Bertz CT molecular complexity index is 645. The predicted molar refractivity (Wildman–Crippen MR) is 122 cm³/mol. The summed E-state index contributed by atoms with van der Waals surface area (Å²) >= 11 is 0. The zero-order chi connectivity index (χ0) is 19.9. The van der Waals surface area contributed by atoms with Gasteiger partial charge in [-0.15, -0.1) is 24.0 Å². The zero-order valence-electron chi connectivity index (χ0n) is 17.5. The molecule has 3 N–H and O–H groups in total. The number of guanidine groups is 1. The summed E-state index contributed by atoms with van der Waals surface area (Å²) in [5.41, 5.74) is -1.18.